The van der Waals surface area contributed by atoms with Crippen molar-refractivity contribution in [3.05, 3.63) is 0 Å². The van der Waals surface area contributed by atoms with Crippen molar-refractivity contribution in [2.75, 3.05) is 26.2 Å². The predicted octanol–water partition coefficient (Wildman–Crippen LogP) is 2.04. The molecule has 2 heterocycles. The van der Waals surface area contributed by atoms with Gasteiger partial charge in [-0.05, 0) is 46.7 Å². The summed E-state index contributed by atoms with van der Waals surface area (Å²) in [6.07, 6.45) is 0.526. The third-order valence-electron chi connectivity index (χ3n) is 3.52. The van der Waals surface area contributed by atoms with E-state index in [2.05, 4.69) is 4.90 Å². The van der Waals surface area contributed by atoms with Gasteiger partial charge in [-0.25, -0.2) is 9.18 Å². The molecule has 0 aromatic rings. The summed E-state index contributed by atoms with van der Waals surface area (Å²) in [5.74, 6) is 0. The van der Waals surface area contributed by atoms with Gasteiger partial charge >= 0.3 is 6.09 Å². The zero-order chi connectivity index (χ0) is 13.3. The van der Waals surface area contributed by atoms with Crippen LogP contribution in [0.15, 0.2) is 0 Å². The predicted molar refractivity (Wildman–Crippen MR) is 67.3 cm³/mol. The summed E-state index contributed by atoms with van der Waals surface area (Å²) in [5.41, 5.74) is -0.517. The Hall–Kier alpha value is -0.840. The fourth-order valence-electron chi connectivity index (χ4n) is 2.47. The molecule has 2 aliphatic heterocycles. The van der Waals surface area contributed by atoms with Gasteiger partial charge in [-0.2, -0.15) is 0 Å². The summed E-state index contributed by atoms with van der Waals surface area (Å²) in [6.45, 7) is 8.22. The van der Waals surface area contributed by atoms with Crippen molar-refractivity contribution in [3.63, 3.8) is 0 Å². The number of piperidine rings is 1. The minimum atomic E-state index is -0.952. The molecule has 18 heavy (non-hydrogen) atoms. The van der Waals surface area contributed by atoms with E-state index in [9.17, 15) is 9.18 Å². The molecular weight excluding hydrogens is 235 g/mol. The molecule has 2 saturated heterocycles. The van der Waals surface area contributed by atoms with Gasteiger partial charge in [0.1, 0.15) is 11.8 Å². The van der Waals surface area contributed by atoms with Gasteiger partial charge in [-0.3, -0.25) is 4.90 Å². The number of hydrogen-bond acceptors (Lipinski definition) is 3. The number of hydrogen-bond donors (Lipinski definition) is 0. The summed E-state index contributed by atoms with van der Waals surface area (Å²) in [4.78, 5) is 15.5. The van der Waals surface area contributed by atoms with E-state index in [0.717, 1.165) is 13.1 Å². The van der Waals surface area contributed by atoms with E-state index in [1.54, 1.807) is 0 Å². The summed E-state index contributed by atoms with van der Waals surface area (Å²) < 4.78 is 19.3. The van der Waals surface area contributed by atoms with Crippen LogP contribution in [0, 0.1) is 0 Å². The molecule has 0 radical (unpaired) electrons. The number of alkyl halides is 1. The van der Waals surface area contributed by atoms with Crippen molar-refractivity contribution in [2.45, 2.75) is 51.4 Å². The highest BCUT2D eigenvalue weighted by Crippen LogP contribution is 2.24. The van der Waals surface area contributed by atoms with Crippen LogP contribution in [-0.2, 0) is 4.74 Å². The highest BCUT2D eigenvalue weighted by atomic mass is 19.1. The Bertz CT molecular complexity index is 313. The van der Waals surface area contributed by atoms with Crippen LogP contribution in [0.3, 0.4) is 0 Å². The van der Waals surface area contributed by atoms with Crippen molar-refractivity contribution in [2.24, 2.45) is 0 Å². The molecular formula is C13H23FN2O2. The van der Waals surface area contributed by atoms with Crippen LogP contribution < -0.4 is 0 Å². The molecule has 0 bridgehead atoms. The highest BCUT2D eigenvalue weighted by Gasteiger charge is 2.38. The summed E-state index contributed by atoms with van der Waals surface area (Å²) >= 11 is 0. The second kappa shape index (κ2) is 5.03. The van der Waals surface area contributed by atoms with E-state index in [4.69, 9.17) is 4.74 Å². The van der Waals surface area contributed by atoms with Crippen LogP contribution in [0.25, 0.3) is 0 Å². The summed E-state index contributed by atoms with van der Waals surface area (Å²) in [7, 11) is 0. The van der Waals surface area contributed by atoms with Crippen LogP contribution in [0.4, 0.5) is 9.18 Å². The lowest BCUT2D eigenvalue weighted by atomic mass is 9.98. The number of nitrogens with zero attached hydrogens (tertiary/aromatic N) is 2. The zero-order valence-electron chi connectivity index (χ0n) is 11.5. The number of rotatable bonds is 1. The maximum Gasteiger partial charge on any atom is 0.410 e. The minimum Gasteiger partial charge on any atom is -0.444 e. The van der Waals surface area contributed by atoms with Crippen molar-refractivity contribution in [1.29, 1.82) is 0 Å². The Kier molecular flexibility index (Phi) is 3.80. The Balaban J connectivity index is 1.85. The van der Waals surface area contributed by atoms with Crippen LogP contribution in [0.2, 0.25) is 0 Å². The van der Waals surface area contributed by atoms with Crippen molar-refractivity contribution in [1.82, 2.24) is 9.80 Å². The molecule has 2 atom stereocenters. The van der Waals surface area contributed by atoms with Gasteiger partial charge in [0.15, 0.2) is 0 Å². The van der Waals surface area contributed by atoms with E-state index in [1.165, 1.54) is 11.3 Å². The molecule has 2 rings (SSSR count). The first kappa shape index (κ1) is 13.6. The summed E-state index contributed by atoms with van der Waals surface area (Å²) in [6, 6.07) is -0.00237. The van der Waals surface area contributed by atoms with Gasteiger partial charge in [-0.1, -0.05) is 0 Å². The van der Waals surface area contributed by atoms with E-state index >= 15 is 0 Å². The second-order valence-corrected chi connectivity index (χ2v) is 6.19. The Morgan fingerprint density at radius 2 is 1.94 bits per heavy atom. The first-order valence-corrected chi connectivity index (χ1v) is 6.73. The number of halogens is 1. The van der Waals surface area contributed by atoms with E-state index < -0.39 is 17.9 Å². The smallest absolute Gasteiger partial charge is 0.410 e. The fraction of sp³-hybridized carbons (Fsp3) is 0.923. The average Bonchev–Trinajstić information content (AvgIpc) is 2.15. The second-order valence-electron chi connectivity index (χ2n) is 6.19. The maximum absolute atomic E-state index is 14.1. The van der Waals surface area contributed by atoms with Crippen LogP contribution in [0.1, 0.15) is 33.6 Å². The van der Waals surface area contributed by atoms with Gasteiger partial charge in [0.05, 0.1) is 6.54 Å². The van der Waals surface area contributed by atoms with Crippen LogP contribution in [-0.4, -0.2) is 59.9 Å². The SMILES string of the molecule is CC(C)(C)OC(=O)N1CC[C@H](N2CCC2)[C@H](F)C1. The molecule has 0 spiro atoms. The Morgan fingerprint density at radius 3 is 2.39 bits per heavy atom. The molecule has 1 amide bonds. The monoisotopic (exact) mass is 258 g/mol. The van der Waals surface area contributed by atoms with Gasteiger partial charge in [-0.15, -0.1) is 0 Å². The first-order valence-electron chi connectivity index (χ1n) is 6.73. The highest BCUT2D eigenvalue weighted by molar-refractivity contribution is 5.68. The Labute approximate surface area is 108 Å². The fourth-order valence-corrected chi connectivity index (χ4v) is 2.47. The molecule has 2 fully saturated rings. The molecule has 104 valence electrons. The lowest BCUT2D eigenvalue weighted by Crippen LogP contribution is -2.57. The zero-order valence-corrected chi connectivity index (χ0v) is 11.5. The Morgan fingerprint density at radius 1 is 1.28 bits per heavy atom. The third kappa shape index (κ3) is 3.13. The van der Waals surface area contributed by atoms with Gasteiger partial charge in [0.2, 0.25) is 0 Å². The largest absolute Gasteiger partial charge is 0.444 e. The molecule has 0 aliphatic carbocycles. The average molecular weight is 258 g/mol. The molecule has 2 aliphatic rings. The van der Waals surface area contributed by atoms with E-state index in [1.807, 2.05) is 20.8 Å². The van der Waals surface area contributed by atoms with E-state index in [0.29, 0.717) is 13.0 Å². The molecule has 0 aromatic heterocycles. The summed E-state index contributed by atoms with van der Waals surface area (Å²) in [5, 5.41) is 0. The van der Waals surface area contributed by atoms with Gasteiger partial charge < -0.3 is 9.64 Å². The first-order chi connectivity index (χ1) is 8.37. The number of amides is 1. The van der Waals surface area contributed by atoms with E-state index in [-0.39, 0.29) is 12.6 Å². The van der Waals surface area contributed by atoms with Crippen molar-refractivity contribution in [3.8, 4) is 0 Å². The standard InChI is InChI=1S/C13H23FN2O2/c1-13(2,3)18-12(17)16-8-5-11(10(14)9-16)15-6-4-7-15/h10-11H,4-9H2,1-3H3/t10-,11+/m1/s1. The molecule has 0 N–H and O–H groups in total. The number of carbonyl (C=O) groups excluding carboxylic acids is 1. The molecule has 0 saturated carbocycles. The van der Waals surface area contributed by atoms with Crippen molar-refractivity contribution >= 4 is 6.09 Å². The lowest BCUT2D eigenvalue weighted by Gasteiger charge is -2.44. The maximum atomic E-state index is 14.1. The number of likely N-dealkylation sites (tertiary alicyclic amines) is 2. The third-order valence-corrected chi connectivity index (χ3v) is 3.52. The van der Waals surface area contributed by atoms with Crippen LogP contribution in [0.5, 0.6) is 0 Å². The normalized spacial score (nSPS) is 29.9. The van der Waals surface area contributed by atoms with Gasteiger partial charge in [0.25, 0.3) is 0 Å². The quantitative estimate of drug-likeness (QED) is 0.721. The minimum absolute atomic E-state index is 0.00237. The topological polar surface area (TPSA) is 32.8 Å². The molecule has 0 unspecified atom stereocenters. The molecule has 5 heteroatoms. The van der Waals surface area contributed by atoms with Crippen molar-refractivity contribution < 1.29 is 13.9 Å². The lowest BCUT2D eigenvalue weighted by molar-refractivity contribution is -0.0171. The van der Waals surface area contributed by atoms with Crippen LogP contribution >= 0.6 is 0 Å². The molecule has 0 aromatic carbocycles. The number of carbonyl (C=O) groups is 1. The number of ether oxygens (including phenoxy) is 1. The van der Waals surface area contributed by atoms with Gasteiger partial charge in [0, 0.05) is 12.6 Å². The molecule has 4 nitrogen and oxygen atoms in total.